The highest BCUT2D eigenvalue weighted by Gasteiger charge is 2.50. The lowest BCUT2D eigenvalue weighted by Crippen LogP contribution is -2.62. The maximum atomic E-state index is 2.86. The first kappa shape index (κ1) is 57.9. The van der Waals surface area contributed by atoms with E-state index >= 15 is 0 Å². The van der Waals surface area contributed by atoms with E-state index in [2.05, 4.69) is 280 Å². The molecule has 1 atom stereocenters. The van der Waals surface area contributed by atoms with E-state index in [-0.39, 0.29) is 61.5 Å². The predicted molar refractivity (Wildman–Crippen MR) is 375 cm³/mol. The molecule has 3 nitrogen and oxygen atoms in total. The number of fused-ring (bicyclic) bond motifs is 9. The summed E-state index contributed by atoms with van der Waals surface area (Å²) in [6.07, 6.45) is 15.7. The van der Waals surface area contributed by atoms with Crippen LogP contribution in [0.3, 0.4) is 0 Å². The molecule has 0 radical (unpaired) electrons. The van der Waals surface area contributed by atoms with Crippen molar-refractivity contribution in [3.8, 4) is 0 Å². The van der Waals surface area contributed by atoms with E-state index in [0.717, 1.165) is 6.42 Å². The molecule has 0 spiro atoms. The Morgan fingerprint density at radius 3 is 1.60 bits per heavy atom. The zero-order chi connectivity index (χ0) is 61.2. The zero-order valence-corrected chi connectivity index (χ0v) is 57.1. The molecule has 1 aromatic heterocycles. The first-order valence-corrected chi connectivity index (χ1v) is 34.0. The number of hydrogen-bond acceptors (Lipinski definition) is 4. The Labute approximate surface area is 522 Å². The van der Waals surface area contributed by atoms with Gasteiger partial charge in [-0.2, -0.15) is 0 Å². The second-order valence-electron chi connectivity index (χ2n) is 34.5. The number of allylic oxidation sites excluding steroid dienone is 2. The molecule has 5 aliphatic carbocycles. The molecule has 2 aliphatic heterocycles. The van der Waals surface area contributed by atoms with Crippen LogP contribution >= 0.6 is 11.3 Å². The minimum atomic E-state index is 0.0225. The predicted octanol–water partition coefficient (Wildman–Crippen LogP) is 21.2. The van der Waals surface area contributed by atoms with Gasteiger partial charge in [-0.3, -0.25) is 0 Å². The van der Waals surface area contributed by atoms with Crippen molar-refractivity contribution in [2.45, 2.75) is 240 Å². The van der Waals surface area contributed by atoms with Crippen molar-refractivity contribution in [3.63, 3.8) is 0 Å². The van der Waals surface area contributed by atoms with Crippen LogP contribution in [-0.2, 0) is 37.9 Å². The maximum Gasteiger partial charge on any atom is 0.264 e. The molecule has 6 aromatic carbocycles. The van der Waals surface area contributed by atoms with Gasteiger partial charge in [0, 0.05) is 54.7 Å². The molecule has 0 unspecified atom stereocenters. The van der Waals surface area contributed by atoms with Gasteiger partial charge in [-0.1, -0.05) is 180 Å². The first-order valence-electron chi connectivity index (χ1n) is 33.2. The highest BCUT2D eigenvalue weighted by Crippen LogP contribution is 2.58. The molecule has 7 aliphatic rings. The molecular formula is C81H98BN3S. The third kappa shape index (κ3) is 8.80. The summed E-state index contributed by atoms with van der Waals surface area (Å²) in [5.41, 5.74) is 28.9. The van der Waals surface area contributed by atoms with Crippen molar-refractivity contribution < 1.29 is 0 Å². The average Bonchev–Trinajstić information content (AvgIpc) is 1.31. The Hall–Kier alpha value is -5.78. The zero-order valence-electron chi connectivity index (χ0n) is 56.2. The van der Waals surface area contributed by atoms with Crippen LogP contribution in [0.15, 0.2) is 126 Å². The van der Waals surface area contributed by atoms with Crippen LogP contribution in [0.4, 0.5) is 45.5 Å². The van der Waals surface area contributed by atoms with E-state index in [4.69, 9.17) is 0 Å². The first-order chi connectivity index (χ1) is 40.1. The third-order valence-corrected chi connectivity index (χ3v) is 24.9. The smallest absolute Gasteiger partial charge is 0.264 e. The molecule has 3 heterocycles. The highest BCUT2D eigenvalue weighted by molar-refractivity contribution is 7.33. The summed E-state index contributed by atoms with van der Waals surface area (Å²) >= 11 is 2.09. The van der Waals surface area contributed by atoms with Gasteiger partial charge >= 0.3 is 0 Å². The number of rotatable bonds is 5. The lowest BCUT2D eigenvalue weighted by Gasteiger charge is -2.50. The highest BCUT2D eigenvalue weighted by atomic mass is 32.1. The van der Waals surface area contributed by atoms with Crippen LogP contribution in [0, 0.1) is 17.8 Å². The maximum absolute atomic E-state index is 2.86. The minimum absolute atomic E-state index is 0.0225. The number of benzene rings is 6. The second kappa shape index (κ2) is 18.7. The van der Waals surface area contributed by atoms with E-state index in [9.17, 15) is 0 Å². The molecule has 446 valence electrons. The minimum Gasteiger partial charge on any atom is -0.335 e. The van der Waals surface area contributed by atoms with E-state index in [0.29, 0.717) is 0 Å². The van der Waals surface area contributed by atoms with E-state index in [1.54, 1.807) is 11.1 Å². The molecular weight excluding hydrogens is 1060 g/mol. The van der Waals surface area contributed by atoms with Crippen LogP contribution in [0.1, 0.15) is 234 Å². The van der Waals surface area contributed by atoms with Gasteiger partial charge in [0.1, 0.15) is 0 Å². The summed E-state index contributed by atoms with van der Waals surface area (Å²) in [7, 11) is 0. The van der Waals surface area contributed by atoms with Gasteiger partial charge in [-0.15, -0.1) is 11.3 Å². The monoisotopic (exact) mass is 1160 g/mol. The molecule has 0 amide bonds. The van der Waals surface area contributed by atoms with Crippen molar-refractivity contribution in [3.05, 3.63) is 171 Å². The fourth-order valence-electron chi connectivity index (χ4n) is 17.5. The molecule has 7 aromatic rings. The SMILES string of the molecule is Cc1cc2c3c(c1)N([C@H]1C=CC4=C(C1)C(C)(C)CCC4(C)C)c1cc(N(c4ccc(C(C)(C)C)cc4)c4ccc5c(c4)C(C)(C)CCC5(C)C)ccc1B3c1sc3cc4c(cc3c1N2c1ccc2c(c1)C(C)(C)CCC2(C)C)C(C)(C)CCC4(C)C. The molecule has 86 heavy (non-hydrogen) atoms. The fraction of sp³-hybridized carbons (Fsp3) is 0.481. The van der Waals surface area contributed by atoms with Crippen molar-refractivity contribution in [2.24, 2.45) is 10.8 Å². The Bertz CT molecular complexity index is 4060. The van der Waals surface area contributed by atoms with Gasteiger partial charge in [0.2, 0.25) is 0 Å². The van der Waals surface area contributed by atoms with Crippen molar-refractivity contribution in [2.75, 3.05) is 14.7 Å². The Morgan fingerprint density at radius 1 is 0.488 bits per heavy atom. The topological polar surface area (TPSA) is 9.72 Å². The van der Waals surface area contributed by atoms with Crippen LogP contribution in [0.25, 0.3) is 10.1 Å². The molecule has 0 saturated heterocycles. The lowest BCUT2D eigenvalue weighted by atomic mass is 9.36. The van der Waals surface area contributed by atoms with Crippen LogP contribution in [-0.4, -0.2) is 12.8 Å². The molecule has 0 bridgehead atoms. The van der Waals surface area contributed by atoms with Gasteiger partial charge in [0.05, 0.1) is 11.7 Å². The Kier molecular flexibility index (Phi) is 12.6. The van der Waals surface area contributed by atoms with Gasteiger partial charge in [-0.25, -0.2) is 0 Å². The van der Waals surface area contributed by atoms with Gasteiger partial charge < -0.3 is 14.7 Å². The van der Waals surface area contributed by atoms with E-state index in [1.807, 2.05) is 0 Å². The van der Waals surface area contributed by atoms with Crippen molar-refractivity contribution in [1.29, 1.82) is 0 Å². The largest absolute Gasteiger partial charge is 0.335 e. The third-order valence-electron chi connectivity index (χ3n) is 23.7. The second-order valence-corrected chi connectivity index (χ2v) is 35.6. The average molecular weight is 1160 g/mol. The number of aryl methyl sites for hydroxylation is 1. The molecule has 5 heteroatoms. The van der Waals surface area contributed by atoms with Crippen molar-refractivity contribution >= 4 is 89.3 Å². The summed E-state index contributed by atoms with van der Waals surface area (Å²) < 4.78 is 2.88. The summed E-state index contributed by atoms with van der Waals surface area (Å²) in [6, 6.07) is 43.1. The Balaban J connectivity index is 1.06. The summed E-state index contributed by atoms with van der Waals surface area (Å²) in [4.78, 5) is 8.24. The van der Waals surface area contributed by atoms with Gasteiger partial charge in [-0.05, 0) is 247 Å². The van der Waals surface area contributed by atoms with Crippen LogP contribution in [0.5, 0.6) is 0 Å². The van der Waals surface area contributed by atoms with Crippen LogP contribution < -0.4 is 30.4 Å². The lowest BCUT2D eigenvalue weighted by molar-refractivity contribution is 0.256. The molecule has 0 saturated carbocycles. The molecule has 0 N–H and O–H groups in total. The standard InChI is InChI=1S/C81H98BN3S/c1-49-41-67-70-68(42-49)85(54-27-31-59-62(45-54)79(15,16)38-35-76(59,9)10)71-56-47-63-64(81(19,20)40-39-80(63,17)18)48-69(56)86-72(71)82(70)65-32-28-55(46-66(65)84(67)53-26-30-58-61(44-53)78(13,14)37-34-75(58,7)8)83(51-23-21-50(22-24-51)73(2,3)4)52-25-29-57-60(43-52)77(11,12)36-33-74(57,5)6/h21-32,41-43,45-48,53H,33-40,44H2,1-20H3/t53-/m0/s1. The number of anilines is 8. The van der Waals surface area contributed by atoms with Gasteiger partial charge in [0.15, 0.2) is 0 Å². The van der Waals surface area contributed by atoms with E-state index in [1.165, 1.54) is 167 Å². The number of thiophene rings is 1. The number of hydrogen-bond donors (Lipinski definition) is 0. The molecule has 0 fully saturated rings. The summed E-state index contributed by atoms with van der Waals surface area (Å²) in [6.45, 7) is 49.3. The van der Waals surface area contributed by atoms with Gasteiger partial charge in [0.25, 0.3) is 6.71 Å². The Morgan fingerprint density at radius 2 is 0.988 bits per heavy atom. The van der Waals surface area contributed by atoms with Crippen LogP contribution in [0.2, 0.25) is 0 Å². The fourth-order valence-corrected chi connectivity index (χ4v) is 18.8. The van der Waals surface area contributed by atoms with Crippen molar-refractivity contribution in [1.82, 2.24) is 0 Å². The summed E-state index contributed by atoms with van der Waals surface area (Å²) in [5, 5.41) is 1.40. The molecule has 14 rings (SSSR count). The quantitative estimate of drug-likeness (QED) is 0.159. The van der Waals surface area contributed by atoms with E-state index < -0.39 is 0 Å². The normalized spacial score (nSPS) is 22.7. The summed E-state index contributed by atoms with van der Waals surface area (Å²) in [5.74, 6) is 0. The number of nitrogens with zero attached hydrogens (tertiary/aromatic N) is 3.